The van der Waals surface area contributed by atoms with E-state index in [0.717, 1.165) is 0 Å². The lowest BCUT2D eigenvalue weighted by atomic mass is 9.91. The summed E-state index contributed by atoms with van der Waals surface area (Å²) in [5.74, 6) is 0.908. The fourth-order valence-corrected chi connectivity index (χ4v) is 3.23. The molecule has 0 bridgehead atoms. The van der Waals surface area contributed by atoms with Crippen molar-refractivity contribution in [1.29, 1.82) is 0 Å². The molecule has 164 valence electrons. The molecule has 0 aliphatic rings. The number of hydrogen-bond donors (Lipinski definition) is 0. The van der Waals surface area contributed by atoms with Gasteiger partial charge < -0.3 is 18.3 Å². The van der Waals surface area contributed by atoms with Crippen molar-refractivity contribution in [3.63, 3.8) is 0 Å². The summed E-state index contributed by atoms with van der Waals surface area (Å²) in [6.07, 6.45) is 0. The van der Waals surface area contributed by atoms with E-state index in [9.17, 15) is 14.4 Å². The zero-order valence-electron chi connectivity index (χ0n) is 18.2. The molecule has 0 saturated heterocycles. The molecule has 0 atom stereocenters. The van der Waals surface area contributed by atoms with Crippen molar-refractivity contribution in [3.8, 4) is 22.6 Å². The summed E-state index contributed by atoms with van der Waals surface area (Å²) < 4.78 is 21.5. The van der Waals surface area contributed by atoms with E-state index in [1.165, 1.54) is 13.2 Å². The van der Waals surface area contributed by atoms with E-state index in [-0.39, 0.29) is 18.0 Å². The molecule has 32 heavy (non-hydrogen) atoms. The topological polar surface area (TPSA) is 96.0 Å². The van der Waals surface area contributed by atoms with Gasteiger partial charge >= 0.3 is 11.3 Å². The first-order chi connectivity index (χ1) is 15.2. The highest BCUT2D eigenvalue weighted by Gasteiger charge is 2.21. The zero-order chi connectivity index (χ0) is 23.0. The van der Waals surface area contributed by atoms with Gasteiger partial charge in [0, 0.05) is 39.9 Å². The van der Waals surface area contributed by atoms with Crippen molar-refractivity contribution in [3.05, 3.63) is 69.4 Å². The lowest BCUT2D eigenvalue weighted by Crippen LogP contribution is -2.26. The molecule has 2 aromatic heterocycles. The number of hydrogen-bond acceptors (Lipinski definition) is 7. The Labute approximate surface area is 183 Å². The van der Waals surface area contributed by atoms with Crippen LogP contribution in [0, 0.1) is 5.41 Å². The minimum absolute atomic E-state index is 0.0409. The summed E-state index contributed by atoms with van der Waals surface area (Å²) >= 11 is 0. The van der Waals surface area contributed by atoms with E-state index >= 15 is 0 Å². The standard InChI is InChI=1S/C25H22O7/c1-25(2,3)22(26)13-30-16-6-5-14-9-19(24(28)32-20(14)11-16)18-12-23(27)31-21-10-15(29-4)7-8-17(18)21/h5-12H,13H2,1-4H3. The summed E-state index contributed by atoms with van der Waals surface area (Å²) in [4.78, 5) is 37.0. The molecule has 0 amide bonds. The fraction of sp³-hybridized carbons (Fsp3) is 0.240. The molecule has 0 saturated carbocycles. The Morgan fingerprint density at radius 2 is 1.59 bits per heavy atom. The Kier molecular flexibility index (Phi) is 5.34. The van der Waals surface area contributed by atoms with E-state index in [4.69, 9.17) is 18.3 Å². The summed E-state index contributed by atoms with van der Waals surface area (Å²) in [6.45, 7) is 5.39. The van der Waals surface area contributed by atoms with Gasteiger partial charge in [-0.05, 0) is 30.3 Å². The van der Waals surface area contributed by atoms with Crippen LogP contribution in [0.1, 0.15) is 20.8 Å². The van der Waals surface area contributed by atoms with E-state index < -0.39 is 16.7 Å². The van der Waals surface area contributed by atoms with Crippen LogP contribution in [0.15, 0.2) is 67.0 Å². The molecule has 0 aliphatic carbocycles. The van der Waals surface area contributed by atoms with Gasteiger partial charge in [-0.1, -0.05) is 20.8 Å². The first-order valence-corrected chi connectivity index (χ1v) is 10.0. The molecular formula is C25H22O7. The summed E-state index contributed by atoms with van der Waals surface area (Å²) in [5, 5.41) is 1.22. The highest BCUT2D eigenvalue weighted by atomic mass is 16.5. The molecule has 2 heterocycles. The van der Waals surface area contributed by atoms with Crippen LogP contribution < -0.4 is 20.7 Å². The van der Waals surface area contributed by atoms with Crippen molar-refractivity contribution in [2.45, 2.75) is 20.8 Å². The average Bonchev–Trinajstić information content (AvgIpc) is 2.75. The van der Waals surface area contributed by atoms with Crippen molar-refractivity contribution >= 4 is 27.7 Å². The van der Waals surface area contributed by atoms with E-state index in [2.05, 4.69) is 0 Å². The molecule has 0 fully saturated rings. The molecule has 7 heteroatoms. The molecule has 0 radical (unpaired) electrons. The maximum atomic E-state index is 12.8. The Balaban J connectivity index is 1.76. The largest absolute Gasteiger partial charge is 0.497 e. The van der Waals surface area contributed by atoms with Crippen LogP contribution in [0.3, 0.4) is 0 Å². The first kappa shape index (κ1) is 21.4. The van der Waals surface area contributed by atoms with Gasteiger partial charge in [-0.25, -0.2) is 9.59 Å². The second kappa shape index (κ2) is 8.00. The Bertz CT molecular complexity index is 1450. The number of carbonyl (C=O) groups excluding carboxylic acids is 1. The van der Waals surface area contributed by atoms with Crippen LogP contribution >= 0.6 is 0 Å². The molecular weight excluding hydrogens is 412 g/mol. The Hall–Kier alpha value is -3.87. The predicted octanol–water partition coefficient (Wildman–Crippen LogP) is 4.57. The number of methoxy groups -OCH3 is 1. The van der Waals surface area contributed by atoms with Crippen LogP contribution in [0.25, 0.3) is 33.1 Å². The minimum atomic E-state index is -0.608. The van der Waals surface area contributed by atoms with Gasteiger partial charge in [-0.15, -0.1) is 0 Å². The minimum Gasteiger partial charge on any atom is -0.497 e. The van der Waals surface area contributed by atoms with Crippen LogP contribution in [0.2, 0.25) is 0 Å². The van der Waals surface area contributed by atoms with Gasteiger partial charge in [0.1, 0.15) is 29.3 Å². The van der Waals surface area contributed by atoms with Gasteiger partial charge in [0.05, 0.1) is 12.7 Å². The Morgan fingerprint density at radius 3 is 2.31 bits per heavy atom. The average molecular weight is 434 g/mol. The van der Waals surface area contributed by atoms with Gasteiger partial charge in [0.25, 0.3) is 0 Å². The smallest absolute Gasteiger partial charge is 0.344 e. The number of rotatable bonds is 5. The lowest BCUT2D eigenvalue weighted by Gasteiger charge is -2.16. The summed E-state index contributed by atoms with van der Waals surface area (Å²) in [7, 11) is 1.51. The maximum absolute atomic E-state index is 12.8. The van der Waals surface area contributed by atoms with Crippen molar-refractivity contribution in [2.24, 2.45) is 5.41 Å². The molecule has 0 aliphatic heterocycles. The number of ketones is 1. The van der Waals surface area contributed by atoms with E-state index in [1.807, 2.05) is 20.8 Å². The molecule has 0 spiro atoms. The predicted molar refractivity (Wildman–Crippen MR) is 120 cm³/mol. The number of fused-ring (bicyclic) bond motifs is 2. The van der Waals surface area contributed by atoms with Gasteiger partial charge in [0.2, 0.25) is 0 Å². The van der Waals surface area contributed by atoms with Crippen LogP contribution in [-0.2, 0) is 4.79 Å². The third-order valence-corrected chi connectivity index (χ3v) is 5.16. The van der Waals surface area contributed by atoms with Gasteiger partial charge in [0.15, 0.2) is 5.78 Å². The van der Waals surface area contributed by atoms with Gasteiger partial charge in [-0.3, -0.25) is 4.79 Å². The highest BCUT2D eigenvalue weighted by Crippen LogP contribution is 2.30. The van der Waals surface area contributed by atoms with Gasteiger partial charge in [-0.2, -0.15) is 0 Å². The Morgan fingerprint density at radius 1 is 0.875 bits per heavy atom. The van der Waals surface area contributed by atoms with Crippen LogP contribution in [-0.4, -0.2) is 19.5 Å². The summed E-state index contributed by atoms with van der Waals surface area (Å²) in [5.41, 5.74) is -0.446. The monoisotopic (exact) mass is 434 g/mol. The number of carbonyl (C=O) groups is 1. The SMILES string of the molecule is COc1ccc2c(-c3cc4ccc(OCC(=O)C(C)(C)C)cc4oc3=O)cc(=O)oc2c1. The number of Topliss-reactive ketones (excluding diaryl/α,β-unsaturated/α-hetero) is 1. The molecule has 4 rings (SSSR count). The lowest BCUT2D eigenvalue weighted by molar-refractivity contribution is -0.128. The number of ether oxygens (including phenoxy) is 2. The maximum Gasteiger partial charge on any atom is 0.344 e. The first-order valence-electron chi connectivity index (χ1n) is 10.0. The van der Waals surface area contributed by atoms with Crippen molar-refractivity contribution < 1.29 is 23.1 Å². The second-order valence-electron chi connectivity index (χ2n) is 8.45. The molecule has 2 aromatic carbocycles. The third kappa shape index (κ3) is 4.14. The van der Waals surface area contributed by atoms with Crippen LogP contribution in [0.5, 0.6) is 11.5 Å². The van der Waals surface area contributed by atoms with E-state index in [0.29, 0.717) is 39.0 Å². The fourth-order valence-electron chi connectivity index (χ4n) is 3.23. The number of benzene rings is 2. The molecule has 0 N–H and O–H groups in total. The van der Waals surface area contributed by atoms with Crippen molar-refractivity contribution in [2.75, 3.05) is 13.7 Å². The third-order valence-electron chi connectivity index (χ3n) is 5.16. The quantitative estimate of drug-likeness (QED) is 0.425. The zero-order valence-corrected chi connectivity index (χ0v) is 18.2. The second-order valence-corrected chi connectivity index (χ2v) is 8.45. The van der Waals surface area contributed by atoms with Crippen LogP contribution in [0.4, 0.5) is 0 Å². The summed E-state index contributed by atoms with van der Waals surface area (Å²) in [6, 6.07) is 13.0. The molecule has 0 unspecified atom stereocenters. The van der Waals surface area contributed by atoms with Crippen molar-refractivity contribution in [1.82, 2.24) is 0 Å². The highest BCUT2D eigenvalue weighted by molar-refractivity contribution is 5.95. The normalized spacial score (nSPS) is 11.6. The molecule has 4 aromatic rings. The van der Waals surface area contributed by atoms with E-state index in [1.54, 1.807) is 42.5 Å². The molecule has 7 nitrogen and oxygen atoms in total.